The number of aromatic hydroxyl groups is 2. The summed E-state index contributed by atoms with van der Waals surface area (Å²) in [4.78, 5) is 0. The Hall–Kier alpha value is -3.38. The molecule has 6 heteroatoms. The van der Waals surface area contributed by atoms with Crippen molar-refractivity contribution in [1.29, 1.82) is 0 Å². The third kappa shape index (κ3) is 8.06. The number of ether oxygens (including phenoxy) is 3. The molecule has 4 unspecified atom stereocenters. The molecule has 6 nitrogen and oxygen atoms in total. The SMILES string of the molecule is CCCCCC(C)CCCC1Cc2cc(O)c(CC(C)C)cc2-c2c(OC)cc3c(c21)CC(O)C(c1ccc(O)c(OC2CCCCC2)c1)O3. The van der Waals surface area contributed by atoms with E-state index < -0.39 is 12.2 Å². The molecule has 1 aliphatic heterocycles. The van der Waals surface area contributed by atoms with E-state index in [2.05, 4.69) is 33.8 Å². The molecule has 3 N–H and O–H groups in total. The number of phenols is 2. The third-order valence-corrected chi connectivity index (χ3v) is 11.4. The first-order valence-corrected chi connectivity index (χ1v) is 19.6. The standard InChI is InChI=1S/C44H60O6/c1-6-7-9-13-28(4)14-12-15-29-21-31-23-37(46)32(20-27(2)3)22-34(31)43-41(48-5)26-39-35(42(29)43)25-38(47)44(50-39)30-18-19-36(45)40(24-30)49-33-16-10-8-11-17-33/h18-19,22-24,26-29,33,38,44-47H,6-17,20-21,25H2,1-5H3. The average Bonchev–Trinajstić information content (AvgIpc) is 3.09. The molecular formula is C44H60O6. The Morgan fingerprint density at radius 1 is 0.880 bits per heavy atom. The van der Waals surface area contributed by atoms with Crippen LogP contribution in [0.25, 0.3) is 11.1 Å². The van der Waals surface area contributed by atoms with E-state index in [0.29, 0.717) is 29.8 Å². The van der Waals surface area contributed by atoms with Crippen molar-refractivity contribution in [3.05, 3.63) is 64.2 Å². The van der Waals surface area contributed by atoms with Crippen molar-refractivity contribution < 1.29 is 29.5 Å². The minimum atomic E-state index is -0.774. The number of phenolic OH excluding ortho intramolecular Hbond substituents is 2. The van der Waals surface area contributed by atoms with Gasteiger partial charge in [-0.1, -0.05) is 78.7 Å². The van der Waals surface area contributed by atoms with E-state index in [0.717, 1.165) is 96.2 Å². The number of aliphatic hydroxyl groups is 1. The molecule has 0 saturated heterocycles. The minimum absolute atomic E-state index is 0.0979. The summed E-state index contributed by atoms with van der Waals surface area (Å²) in [6.45, 7) is 9.01. The molecule has 0 radical (unpaired) electrons. The van der Waals surface area contributed by atoms with Crippen molar-refractivity contribution in [1.82, 2.24) is 0 Å². The van der Waals surface area contributed by atoms with Crippen LogP contribution in [-0.2, 0) is 19.3 Å². The first-order valence-electron chi connectivity index (χ1n) is 19.6. The van der Waals surface area contributed by atoms with Gasteiger partial charge in [0.05, 0.1) is 19.3 Å². The number of aliphatic hydroxyl groups excluding tert-OH is 1. The molecule has 6 rings (SSSR count). The molecule has 0 amide bonds. The average molecular weight is 685 g/mol. The van der Waals surface area contributed by atoms with Crippen LogP contribution in [0.15, 0.2) is 36.4 Å². The molecule has 0 spiro atoms. The molecule has 0 aromatic heterocycles. The van der Waals surface area contributed by atoms with Crippen molar-refractivity contribution in [3.8, 4) is 39.9 Å². The van der Waals surface area contributed by atoms with Crippen LogP contribution in [0.1, 0.15) is 145 Å². The normalized spacial score (nSPS) is 20.8. The number of unbranched alkanes of at least 4 members (excludes halogenated alkanes) is 2. The summed E-state index contributed by atoms with van der Waals surface area (Å²) in [7, 11) is 1.72. The Morgan fingerprint density at radius 3 is 2.40 bits per heavy atom. The second-order valence-corrected chi connectivity index (χ2v) is 15.9. The number of hydrogen-bond acceptors (Lipinski definition) is 6. The first-order chi connectivity index (χ1) is 24.2. The largest absolute Gasteiger partial charge is 0.508 e. The van der Waals surface area contributed by atoms with Crippen molar-refractivity contribution in [2.45, 2.75) is 148 Å². The van der Waals surface area contributed by atoms with Gasteiger partial charge in [-0.15, -0.1) is 0 Å². The number of fused-ring (bicyclic) bond motifs is 5. The maximum atomic E-state index is 11.8. The summed E-state index contributed by atoms with van der Waals surface area (Å²) in [5, 5.41) is 33.6. The number of hydrogen-bond donors (Lipinski definition) is 3. The molecule has 1 heterocycles. The van der Waals surface area contributed by atoms with E-state index in [1.165, 1.54) is 44.1 Å². The van der Waals surface area contributed by atoms with Gasteiger partial charge in [0.1, 0.15) is 23.4 Å². The monoisotopic (exact) mass is 684 g/mol. The molecule has 3 aromatic rings. The van der Waals surface area contributed by atoms with Crippen LogP contribution in [0, 0.1) is 11.8 Å². The van der Waals surface area contributed by atoms with Crippen LogP contribution in [0.4, 0.5) is 0 Å². The first kappa shape index (κ1) is 36.4. The summed E-state index contributed by atoms with van der Waals surface area (Å²) in [6, 6.07) is 11.5. The van der Waals surface area contributed by atoms with Gasteiger partial charge in [-0.2, -0.15) is 0 Å². The topological polar surface area (TPSA) is 88.4 Å². The number of methoxy groups -OCH3 is 1. The fraction of sp³-hybridized carbons (Fsp3) is 0.591. The number of benzene rings is 3. The van der Waals surface area contributed by atoms with Crippen LogP contribution in [-0.4, -0.2) is 34.6 Å². The predicted octanol–water partition coefficient (Wildman–Crippen LogP) is 10.7. The summed E-state index contributed by atoms with van der Waals surface area (Å²) in [5.74, 6) is 3.79. The fourth-order valence-corrected chi connectivity index (χ4v) is 8.78. The lowest BCUT2D eigenvalue weighted by atomic mass is 9.72. The van der Waals surface area contributed by atoms with Crippen LogP contribution in [0.5, 0.6) is 28.7 Å². The van der Waals surface area contributed by atoms with Crippen LogP contribution in [0.3, 0.4) is 0 Å². The van der Waals surface area contributed by atoms with Crippen molar-refractivity contribution in [2.75, 3.05) is 7.11 Å². The van der Waals surface area contributed by atoms with Gasteiger partial charge in [-0.05, 0) is 115 Å². The van der Waals surface area contributed by atoms with E-state index in [9.17, 15) is 15.3 Å². The molecule has 4 atom stereocenters. The highest BCUT2D eigenvalue weighted by Crippen LogP contribution is 2.54. The summed E-state index contributed by atoms with van der Waals surface area (Å²) in [6.07, 6.45) is 14.8. The van der Waals surface area contributed by atoms with Crippen LogP contribution < -0.4 is 14.2 Å². The zero-order chi connectivity index (χ0) is 35.4. The van der Waals surface area contributed by atoms with E-state index in [4.69, 9.17) is 14.2 Å². The maximum absolute atomic E-state index is 11.8. The van der Waals surface area contributed by atoms with Crippen molar-refractivity contribution >= 4 is 0 Å². The van der Waals surface area contributed by atoms with Gasteiger partial charge in [0, 0.05) is 23.6 Å². The van der Waals surface area contributed by atoms with E-state index in [-0.39, 0.29) is 17.8 Å². The molecule has 1 fully saturated rings. The van der Waals surface area contributed by atoms with Gasteiger partial charge >= 0.3 is 0 Å². The van der Waals surface area contributed by atoms with Crippen LogP contribution in [0.2, 0.25) is 0 Å². The minimum Gasteiger partial charge on any atom is -0.508 e. The van der Waals surface area contributed by atoms with Crippen molar-refractivity contribution in [2.24, 2.45) is 11.8 Å². The number of rotatable bonds is 14. The Labute approximate surface area is 300 Å². The molecule has 3 aliphatic rings. The molecule has 50 heavy (non-hydrogen) atoms. The molecule has 2 aliphatic carbocycles. The predicted molar refractivity (Wildman–Crippen MR) is 201 cm³/mol. The Balaban J connectivity index is 1.35. The van der Waals surface area contributed by atoms with E-state index >= 15 is 0 Å². The zero-order valence-corrected chi connectivity index (χ0v) is 31.1. The lowest BCUT2D eigenvalue weighted by molar-refractivity contribution is 0.0199. The Bertz CT molecular complexity index is 1600. The summed E-state index contributed by atoms with van der Waals surface area (Å²) in [5.41, 5.74) is 7.40. The third-order valence-electron chi connectivity index (χ3n) is 11.4. The van der Waals surface area contributed by atoms with Crippen LogP contribution >= 0.6 is 0 Å². The van der Waals surface area contributed by atoms with Gasteiger partial charge in [0.25, 0.3) is 0 Å². The second-order valence-electron chi connectivity index (χ2n) is 15.9. The van der Waals surface area contributed by atoms with E-state index in [1.807, 2.05) is 24.3 Å². The summed E-state index contributed by atoms with van der Waals surface area (Å²) < 4.78 is 19.2. The molecule has 1 saturated carbocycles. The zero-order valence-electron chi connectivity index (χ0n) is 31.1. The lowest BCUT2D eigenvalue weighted by Gasteiger charge is -2.38. The smallest absolute Gasteiger partial charge is 0.161 e. The quantitative estimate of drug-likeness (QED) is 0.147. The molecule has 272 valence electrons. The highest BCUT2D eigenvalue weighted by molar-refractivity contribution is 5.83. The van der Waals surface area contributed by atoms with Crippen molar-refractivity contribution in [3.63, 3.8) is 0 Å². The van der Waals surface area contributed by atoms with Gasteiger partial charge in [-0.25, -0.2) is 0 Å². The van der Waals surface area contributed by atoms with Gasteiger partial charge in [0.2, 0.25) is 0 Å². The van der Waals surface area contributed by atoms with Gasteiger partial charge in [-0.3, -0.25) is 0 Å². The highest BCUT2D eigenvalue weighted by Gasteiger charge is 2.38. The lowest BCUT2D eigenvalue weighted by Crippen LogP contribution is -2.32. The highest BCUT2D eigenvalue weighted by atomic mass is 16.5. The summed E-state index contributed by atoms with van der Waals surface area (Å²) >= 11 is 0. The second kappa shape index (κ2) is 16.3. The molecular weight excluding hydrogens is 624 g/mol. The van der Waals surface area contributed by atoms with Gasteiger partial charge < -0.3 is 29.5 Å². The molecule has 3 aromatic carbocycles. The Kier molecular flexibility index (Phi) is 11.9. The fourth-order valence-electron chi connectivity index (χ4n) is 8.78. The van der Waals surface area contributed by atoms with E-state index in [1.54, 1.807) is 13.2 Å². The molecule has 0 bridgehead atoms. The maximum Gasteiger partial charge on any atom is 0.161 e. The Morgan fingerprint density at radius 2 is 1.66 bits per heavy atom. The van der Waals surface area contributed by atoms with Gasteiger partial charge in [0.15, 0.2) is 11.5 Å².